The first-order valence-electron chi connectivity index (χ1n) is 11.6. The molecule has 0 saturated heterocycles. The van der Waals surface area contributed by atoms with Gasteiger partial charge in [-0.2, -0.15) is 13.2 Å². The number of amides is 3. The molecular formula is C26H20ClF3N4O4S. The Morgan fingerprint density at radius 3 is 2.36 bits per heavy atom. The molecule has 0 aromatic heterocycles. The lowest BCUT2D eigenvalue weighted by Gasteiger charge is -2.24. The summed E-state index contributed by atoms with van der Waals surface area (Å²) in [5.41, 5.74) is 0.619. The number of alkyl halides is 3. The molecule has 0 fully saturated rings. The molecule has 3 aromatic rings. The van der Waals surface area contributed by atoms with Crippen LogP contribution in [0, 0.1) is 0 Å². The lowest BCUT2D eigenvalue weighted by atomic mass is 10.2. The maximum atomic E-state index is 13.1. The van der Waals surface area contributed by atoms with E-state index in [2.05, 4.69) is 10.6 Å². The summed E-state index contributed by atoms with van der Waals surface area (Å²) in [4.78, 5) is 28.2. The van der Waals surface area contributed by atoms with Gasteiger partial charge in [-0.25, -0.2) is 9.59 Å². The number of thioether (sulfide) groups is 1. The molecule has 3 aromatic carbocycles. The van der Waals surface area contributed by atoms with Gasteiger partial charge in [0, 0.05) is 34.2 Å². The van der Waals surface area contributed by atoms with Crippen LogP contribution >= 0.6 is 23.4 Å². The lowest BCUT2D eigenvalue weighted by molar-refractivity contribution is -0.137. The molecule has 0 bridgehead atoms. The van der Waals surface area contributed by atoms with E-state index in [4.69, 9.17) is 16.3 Å². The fourth-order valence-electron chi connectivity index (χ4n) is 4.17. The zero-order valence-electron chi connectivity index (χ0n) is 20.1. The summed E-state index contributed by atoms with van der Waals surface area (Å²) in [6, 6.07) is 14.3. The van der Waals surface area contributed by atoms with E-state index in [0.717, 1.165) is 28.4 Å². The number of carbonyl (C=O) groups is 2. The summed E-state index contributed by atoms with van der Waals surface area (Å²) in [7, 11) is 0. The maximum Gasteiger partial charge on any atom is 0.417 e. The number of nitrogens with one attached hydrogen (secondary N) is 2. The Morgan fingerprint density at radius 2 is 1.69 bits per heavy atom. The molecule has 8 nitrogen and oxygen atoms in total. The van der Waals surface area contributed by atoms with Gasteiger partial charge in [-0.05, 0) is 61.0 Å². The Balaban J connectivity index is 1.24. The van der Waals surface area contributed by atoms with E-state index in [0.29, 0.717) is 23.6 Å². The van der Waals surface area contributed by atoms with Crippen molar-refractivity contribution < 1.29 is 32.6 Å². The molecule has 13 heteroatoms. The average molecular weight is 577 g/mol. The normalized spacial score (nSPS) is 15.9. The minimum Gasteiger partial charge on any atom is -0.465 e. The van der Waals surface area contributed by atoms with Gasteiger partial charge in [0.05, 0.1) is 16.3 Å². The largest absolute Gasteiger partial charge is 0.465 e. The second-order valence-corrected chi connectivity index (χ2v) is 10.0. The van der Waals surface area contributed by atoms with Crippen molar-refractivity contribution in [2.75, 3.05) is 15.5 Å². The number of nitrogens with zero attached hydrogens (tertiary/aromatic N) is 2. The van der Waals surface area contributed by atoms with Gasteiger partial charge in [-0.1, -0.05) is 30.3 Å². The van der Waals surface area contributed by atoms with Crippen LogP contribution in [-0.2, 0) is 6.18 Å². The SMILES string of the molecule is CCC1=CN(C(=O)O)C2Sc3ccc(Oc4ccc(NC(=O)Nc5ccc(Cl)c(C(F)(F)F)c5)cc4)cc3N12. The van der Waals surface area contributed by atoms with Crippen LogP contribution in [-0.4, -0.2) is 27.6 Å². The number of allylic oxidation sites excluding steroid dienone is 1. The van der Waals surface area contributed by atoms with Crippen LogP contribution in [0.2, 0.25) is 5.02 Å². The Labute approximate surface area is 230 Å². The van der Waals surface area contributed by atoms with Crippen LogP contribution < -0.4 is 20.3 Å². The van der Waals surface area contributed by atoms with Crippen molar-refractivity contribution in [3.63, 3.8) is 0 Å². The fraction of sp³-hybridized carbons (Fsp3) is 0.154. The third kappa shape index (κ3) is 5.43. The number of hydrogen-bond acceptors (Lipinski definition) is 5. The molecule has 0 saturated carbocycles. The van der Waals surface area contributed by atoms with Crippen LogP contribution in [0.1, 0.15) is 18.9 Å². The standard InChI is InChI=1S/C26H20ClF3N4O4S/c1-2-16-13-33(25(36)37)24-34(16)21-12-18(8-10-22(21)39-24)38-17-6-3-14(4-7-17)31-23(35)32-15-5-9-20(27)19(11-15)26(28,29)30/h3-13,24H,2H2,1H3,(H,36,37)(H2,31,32,35). The van der Waals surface area contributed by atoms with Gasteiger partial charge in [0.15, 0.2) is 5.50 Å². The number of ether oxygens (including phenoxy) is 1. The molecule has 3 amide bonds. The third-order valence-corrected chi connectivity index (χ3v) is 7.52. The lowest BCUT2D eigenvalue weighted by Crippen LogP contribution is -2.36. The monoisotopic (exact) mass is 576 g/mol. The average Bonchev–Trinajstić information content (AvgIpc) is 3.43. The van der Waals surface area contributed by atoms with Gasteiger partial charge in [0.2, 0.25) is 0 Å². The molecule has 0 aliphatic carbocycles. The first-order chi connectivity index (χ1) is 18.5. The highest BCUT2D eigenvalue weighted by Gasteiger charge is 2.42. The van der Waals surface area contributed by atoms with Gasteiger partial charge < -0.3 is 25.4 Å². The van der Waals surface area contributed by atoms with Gasteiger partial charge in [-0.15, -0.1) is 0 Å². The zero-order valence-corrected chi connectivity index (χ0v) is 21.7. The van der Waals surface area contributed by atoms with Gasteiger partial charge >= 0.3 is 18.3 Å². The molecule has 0 spiro atoms. The van der Waals surface area contributed by atoms with Crippen molar-refractivity contribution in [1.29, 1.82) is 0 Å². The van der Waals surface area contributed by atoms with Crippen LogP contribution in [0.15, 0.2) is 77.5 Å². The summed E-state index contributed by atoms with van der Waals surface area (Å²) >= 11 is 7.06. The summed E-state index contributed by atoms with van der Waals surface area (Å²) < 4.78 is 45.1. The van der Waals surface area contributed by atoms with Crippen LogP contribution in [0.5, 0.6) is 11.5 Å². The number of carbonyl (C=O) groups excluding carboxylic acids is 1. The van der Waals surface area contributed by atoms with Crippen LogP contribution in [0.3, 0.4) is 0 Å². The second kappa shape index (κ2) is 10.3. The first kappa shape index (κ1) is 26.6. The van der Waals surface area contributed by atoms with Crippen LogP contribution in [0.4, 0.5) is 39.8 Å². The van der Waals surface area contributed by atoms with Crippen LogP contribution in [0.25, 0.3) is 0 Å². The highest BCUT2D eigenvalue weighted by atomic mass is 35.5. The Bertz CT molecular complexity index is 1480. The van der Waals surface area contributed by atoms with Crippen molar-refractivity contribution in [3.8, 4) is 11.5 Å². The quantitative estimate of drug-likeness (QED) is 0.283. The number of benzene rings is 3. The number of urea groups is 1. The molecule has 2 heterocycles. The first-order valence-corrected chi connectivity index (χ1v) is 12.8. The predicted octanol–water partition coefficient (Wildman–Crippen LogP) is 8.24. The summed E-state index contributed by atoms with van der Waals surface area (Å²) in [6.45, 7) is 1.96. The molecule has 39 heavy (non-hydrogen) atoms. The van der Waals surface area contributed by atoms with Gasteiger partial charge in [0.25, 0.3) is 0 Å². The summed E-state index contributed by atoms with van der Waals surface area (Å²) in [5.74, 6) is 1.02. The molecule has 1 unspecified atom stereocenters. The molecule has 1 atom stereocenters. The molecular weight excluding hydrogens is 557 g/mol. The van der Waals surface area contributed by atoms with Gasteiger partial charge in [-0.3, -0.25) is 4.90 Å². The zero-order chi connectivity index (χ0) is 27.9. The van der Waals surface area contributed by atoms with Crippen molar-refractivity contribution in [1.82, 2.24) is 4.90 Å². The fourth-order valence-corrected chi connectivity index (χ4v) is 5.66. The number of carboxylic acid groups (broad SMARTS) is 1. The van der Waals surface area contributed by atoms with E-state index in [1.165, 1.54) is 22.7 Å². The topological polar surface area (TPSA) is 94.1 Å². The smallest absolute Gasteiger partial charge is 0.417 e. The van der Waals surface area contributed by atoms with E-state index in [9.17, 15) is 27.9 Å². The number of halogens is 4. The van der Waals surface area contributed by atoms with Gasteiger partial charge in [0.1, 0.15) is 11.5 Å². The number of anilines is 3. The van der Waals surface area contributed by atoms with Crippen molar-refractivity contribution >= 4 is 52.5 Å². The van der Waals surface area contributed by atoms with Crippen molar-refractivity contribution in [3.05, 3.63) is 83.1 Å². The molecule has 2 aliphatic rings. The molecule has 0 radical (unpaired) electrons. The van der Waals surface area contributed by atoms with E-state index < -0.39 is 34.4 Å². The minimum atomic E-state index is -4.65. The third-order valence-electron chi connectivity index (χ3n) is 5.94. The number of rotatable bonds is 5. The molecule has 2 aliphatic heterocycles. The Hall–Kier alpha value is -4.03. The summed E-state index contributed by atoms with van der Waals surface area (Å²) in [6.07, 6.45) is -3.37. The molecule has 5 rings (SSSR count). The molecule has 202 valence electrons. The van der Waals surface area contributed by atoms with E-state index in [1.54, 1.807) is 36.5 Å². The minimum absolute atomic E-state index is 0.0632. The predicted molar refractivity (Wildman–Crippen MR) is 142 cm³/mol. The van der Waals surface area contributed by atoms with E-state index in [-0.39, 0.29) is 5.69 Å². The highest BCUT2D eigenvalue weighted by Crippen LogP contribution is 2.51. The van der Waals surface area contributed by atoms with Crippen molar-refractivity contribution in [2.45, 2.75) is 29.9 Å². The Morgan fingerprint density at radius 1 is 1.03 bits per heavy atom. The van der Waals surface area contributed by atoms with E-state index in [1.807, 2.05) is 24.0 Å². The van der Waals surface area contributed by atoms with E-state index >= 15 is 0 Å². The highest BCUT2D eigenvalue weighted by molar-refractivity contribution is 8.00. The number of fused-ring (bicyclic) bond motifs is 3. The van der Waals surface area contributed by atoms with Crippen molar-refractivity contribution in [2.24, 2.45) is 0 Å². The summed E-state index contributed by atoms with van der Waals surface area (Å²) in [5, 5.41) is 14.0. The Kier molecular flexibility index (Phi) is 7.00. The number of hydrogen-bond donors (Lipinski definition) is 3. The molecule has 3 N–H and O–H groups in total. The second-order valence-electron chi connectivity index (χ2n) is 8.51. The maximum absolute atomic E-state index is 13.1.